The van der Waals surface area contributed by atoms with Gasteiger partial charge in [0.2, 0.25) is 5.91 Å². The zero-order chi connectivity index (χ0) is 13.2. The molecule has 0 spiro atoms. The maximum Gasteiger partial charge on any atom is 0.331 e. The molecule has 0 radical (unpaired) electrons. The van der Waals surface area contributed by atoms with Crippen molar-refractivity contribution in [3.8, 4) is 0 Å². The van der Waals surface area contributed by atoms with E-state index in [2.05, 4.69) is 15.9 Å². The molecule has 0 heterocycles. The molecule has 0 saturated heterocycles. The van der Waals surface area contributed by atoms with Crippen LogP contribution in [0.4, 0.5) is 4.39 Å². The molecule has 6 heteroatoms. The lowest BCUT2D eigenvalue weighted by molar-refractivity contribution is -0.148. The predicted octanol–water partition coefficient (Wildman–Crippen LogP) is 2.19. The predicted molar refractivity (Wildman–Crippen MR) is 62.9 cm³/mol. The molecular weight excluding hydrogens is 293 g/mol. The van der Waals surface area contributed by atoms with Crippen LogP contribution in [0.1, 0.15) is 18.5 Å². The second-order valence-corrected chi connectivity index (χ2v) is 4.40. The summed E-state index contributed by atoms with van der Waals surface area (Å²) in [5.41, 5.74) is 0.218. The van der Waals surface area contributed by atoms with Crippen molar-refractivity contribution in [3.05, 3.63) is 34.1 Å². The number of likely N-dealkylation sites (N-methyl/N-ethyl adjacent to an activating group) is 1. The van der Waals surface area contributed by atoms with E-state index >= 15 is 0 Å². The van der Waals surface area contributed by atoms with Gasteiger partial charge in [0.15, 0.2) is 6.04 Å². The monoisotopic (exact) mass is 303 g/mol. The molecule has 0 aliphatic carbocycles. The summed E-state index contributed by atoms with van der Waals surface area (Å²) in [6.45, 7) is 1.26. The molecule has 92 valence electrons. The molecule has 1 atom stereocenters. The number of halogens is 2. The molecule has 1 unspecified atom stereocenters. The third kappa shape index (κ3) is 3.03. The first-order valence-corrected chi connectivity index (χ1v) is 5.55. The van der Waals surface area contributed by atoms with Crippen LogP contribution < -0.4 is 0 Å². The summed E-state index contributed by atoms with van der Waals surface area (Å²) in [5.74, 6) is -2.17. The summed E-state index contributed by atoms with van der Waals surface area (Å²) in [5, 5.41) is 9.08. The Morgan fingerprint density at radius 2 is 2.06 bits per heavy atom. The Hall–Kier alpha value is -1.43. The molecule has 0 saturated carbocycles. The van der Waals surface area contributed by atoms with Crippen LogP contribution in [0.25, 0.3) is 0 Å². The number of carbonyl (C=O) groups is 2. The Morgan fingerprint density at radius 1 is 1.47 bits per heavy atom. The third-order valence-electron chi connectivity index (χ3n) is 2.38. The fourth-order valence-corrected chi connectivity index (χ4v) is 1.64. The van der Waals surface area contributed by atoms with Crippen LogP contribution in [0.3, 0.4) is 0 Å². The van der Waals surface area contributed by atoms with E-state index in [0.29, 0.717) is 0 Å². The number of benzene rings is 1. The fraction of sp³-hybridized carbons (Fsp3) is 0.273. The number of amides is 1. The maximum absolute atomic E-state index is 13.3. The SMILES string of the molecule is CC(=O)N(C)C(C(=O)O)c1ccc(Br)c(F)c1. The number of carboxylic acids is 1. The number of nitrogens with zero attached hydrogens (tertiary/aromatic N) is 1. The van der Waals surface area contributed by atoms with Crippen LogP contribution >= 0.6 is 15.9 Å². The Labute approximate surface area is 106 Å². The first-order valence-electron chi connectivity index (χ1n) is 4.75. The second-order valence-electron chi connectivity index (χ2n) is 3.54. The number of aliphatic carboxylic acids is 1. The highest BCUT2D eigenvalue weighted by atomic mass is 79.9. The largest absolute Gasteiger partial charge is 0.479 e. The fourth-order valence-electron chi connectivity index (χ4n) is 1.40. The normalized spacial score (nSPS) is 12.0. The maximum atomic E-state index is 13.3. The molecule has 1 amide bonds. The van der Waals surface area contributed by atoms with Crippen LogP contribution in [-0.2, 0) is 9.59 Å². The van der Waals surface area contributed by atoms with Gasteiger partial charge in [-0.25, -0.2) is 9.18 Å². The Balaban J connectivity index is 3.19. The van der Waals surface area contributed by atoms with Crippen molar-refractivity contribution in [1.29, 1.82) is 0 Å². The van der Waals surface area contributed by atoms with E-state index in [1.54, 1.807) is 0 Å². The molecule has 17 heavy (non-hydrogen) atoms. The first kappa shape index (κ1) is 13.6. The number of hydrogen-bond donors (Lipinski definition) is 1. The zero-order valence-electron chi connectivity index (χ0n) is 9.28. The Bertz CT molecular complexity index is 464. The molecule has 1 rings (SSSR count). The second kappa shape index (κ2) is 5.27. The lowest BCUT2D eigenvalue weighted by Crippen LogP contribution is -2.34. The Morgan fingerprint density at radius 3 is 2.47 bits per heavy atom. The van der Waals surface area contributed by atoms with Crippen LogP contribution in [0.15, 0.2) is 22.7 Å². The van der Waals surface area contributed by atoms with Crippen molar-refractivity contribution in [2.45, 2.75) is 13.0 Å². The van der Waals surface area contributed by atoms with E-state index in [-0.39, 0.29) is 10.0 Å². The number of rotatable bonds is 3. The summed E-state index contributed by atoms with van der Waals surface area (Å²) >= 11 is 2.98. The highest BCUT2D eigenvalue weighted by molar-refractivity contribution is 9.10. The quantitative estimate of drug-likeness (QED) is 0.931. The van der Waals surface area contributed by atoms with Gasteiger partial charge in [0.05, 0.1) is 4.47 Å². The molecule has 0 aliphatic heterocycles. The van der Waals surface area contributed by atoms with Crippen molar-refractivity contribution in [2.24, 2.45) is 0 Å². The molecule has 1 aromatic rings. The lowest BCUT2D eigenvalue weighted by Gasteiger charge is -2.23. The van der Waals surface area contributed by atoms with E-state index < -0.39 is 23.7 Å². The van der Waals surface area contributed by atoms with Gasteiger partial charge in [-0.1, -0.05) is 6.07 Å². The minimum Gasteiger partial charge on any atom is -0.479 e. The summed E-state index contributed by atoms with van der Waals surface area (Å²) < 4.78 is 13.6. The third-order valence-corrected chi connectivity index (χ3v) is 3.02. The molecular formula is C11H11BrFNO3. The highest BCUT2D eigenvalue weighted by Gasteiger charge is 2.27. The highest BCUT2D eigenvalue weighted by Crippen LogP contribution is 2.24. The van der Waals surface area contributed by atoms with E-state index in [0.717, 1.165) is 11.0 Å². The van der Waals surface area contributed by atoms with Gasteiger partial charge >= 0.3 is 5.97 Å². The van der Waals surface area contributed by atoms with Crippen molar-refractivity contribution >= 4 is 27.8 Å². The minimum absolute atomic E-state index is 0.218. The molecule has 0 aromatic heterocycles. The molecule has 1 N–H and O–H groups in total. The van der Waals surface area contributed by atoms with Crippen LogP contribution in [0.2, 0.25) is 0 Å². The summed E-state index contributed by atoms with van der Waals surface area (Å²) in [6.07, 6.45) is 0. The van der Waals surface area contributed by atoms with Gasteiger partial charge in [-0.15, -0.1) is 0 Å². The Kier molecular flexibility index (Phi) is 4.22. The van der Waals surface area contributed by atoms with Gasteiger partial charge in [0, 0.05) is 14.0 Å². The molecule has 4 nitrogen and oxygen atoms in total. The van der Waals surface area contributed by atoms with E-state index in [1.807, 2.05) is 0 Å². The summed E-state index contributed by atoms with van der Waals surface area (Å²) in [6, 6.07) is 2.79. The van der Waals surface area contributed by atoms with Crippen molar-refractivity contribution in [3.63, 3.8) is 0 Å². The van der Waals surface area contributed by atoms with Crippen molar-refractivity contribution < 1.29 is 19.1 Å². The van der Waals surface area contributed by atoms with Crippen molar-refractivity contribution in [1.82, 2.24) is 4.90 Å². The van der Waals surface area contributed by atoms with Crippen LogP contribution in [0.5, 0.6) is 0 Å². The first-order chi connectivity index (χ1) is 7.84. The van der Waals surface area contributed by atoms with E-state index in [9.17, 15) is 14.0 Å². The molecule has 0 bridgehead atoms. The zero-order valence-corrected chi connectivity index (χ0v) is 10.9. The number of carboxylic acid groups (broad SMARTS) is 1. The van der Waals surface area contributed by atoms with Gasteiger partial charge in [-0.05, 0) is 33.6 Å². The van der Waals surface area contributed by atoms with Gasteiger partial charge in [0.25, 0.3) is 0 Å². The standard InChI is InChI=1S/C11H11BrFNO3/c1-6(15)14(2)10(11(16)17)7-3-4-8(12)9(13)5-7/h3-5,10H,1-2H3,(H,16,17). The average molecular weight is 304 g/mol. The lowest BCUT2D eigenvalue weighted by atomic mass is 10.1. The van der Waals surface area contributed by atoms with Gasteiger partial charge in [-0.3, -0.25) is 4.79 Å². The summed E-state index contributed by atoms with van der Waals surface area (Å²) in [4.78, 5) is 23.3. The van der Waals surface area contributed by atoms with Gasteiger partial charge in [0.1, 0.15) is 5.82 Å². The molecule has 0 fully saturated rings. The van der Waals surface area contributed by atoms with Crippen molar-refractivity contribution in [2.75, 3.05) is 7.05 Å². The minimum atomic E-state index is -1.20. The average Bonchev–Trinajstić information content (AvgIpc) is 2.22. The topological polar surface area (TPSA) is 57.6 Å². The van der Waals surface area contributed by atoms with E-state index in [4.69, 9.17) is 5.11 Å². The number of hydrogen-bond acceptors (Lipinski definition) is 2. The van der Waals surface area contributed by atoms with E-state index in [1.165, 1.54) is 26.1 Å². The van der Waals surface area contributed by atoms with Gasteiger partial charge in [-0.2, -0.15) is 0 Å². The molecule has 0 aliphatic rings. The van der Waals surface area contributed by atoms with Gasteiger partial charge < -0.3 is 10.0 Å². The van der Waals surface area contributed by atoms with Crippen LogP contribution in [0, 0.1) is 5.82 Å². The van der Waals surface area contributed by atoms with Crippen LogP contribution in [-0.4, -0.2) is 28.9 Å². The smallest absolute Gasteiger partial charge is 0.331 e. The summed E-state index contributed by atoms with van der Waals surface area (Å²) in [7, 11) is 1.36. The number of carbonyl (C=O) groups excluding carboxylic acids is 1. The molecule has 1 aromatic carbocycles.